The zero-order chi connectivity index (χ0) is 15.7. The lowest BCUT2D eigenvalue weighted by Gasteiger charge is -2.33. The highest BCUT2D eigenvalue weighted by Gasteiger charge is 2.35. The quantitative estimate of drug-likeness (QED) is 0.878. The standard InChI is InChI=1S/C15H19F3N2O/c1-10-5-6-11(9-12(10)15(16,17)18)20-13(21)14(2)7-3-4-8-19-14/h5-6,9,19H,3-4,7-8H2,1-2H3,(H,20,21). The third-order valence-electron chi connectivity index (χ3n) is 3.92. The van der Waals surface area contributed by atoms with Crippen molar-refractivity contribution in [1.82, 2.24) is 5.32 Å². The smallest absolute Gasteiger partial charge is 0.324 e. The molecule has 1 atom stereocenters. The van der Waals surface area contributed by atoms with Crippen molar-refractivity contribution in [3.05, 3.63) is 29.3 Å². The molecular weight excluding hydrogens is 281 g/mol. The molecule has 6 heteroatoms. The van der Waals surface area contributed by atoms with Crippen LogP contribution in [0.25, 0.3) is 0 Å². The van der Waals surface area contributed by atoms with E-state index in [1.54, 1.807) is 6.92 Å². The minimum Gasteiger partial charge on any atom is -0.324 e. The fourth-order valence-electron chi connectivity index (χ4n) is 2.52. The van der Waals surface area contributed by atoms with Crippen LogP contribution in [-0.2, 0) is 11.0 Å². The van der Waals surface area contributed by atoms with Gasteiger partial charge in [0.2, 0.25) is 5.91 Å². The highest BCUT2D eigenvalue weighted by molar-refractivity contribution is 5.98. The summed E-state index contributed by atoms with van der Waals surface area (Å²) in [5.41, 5.74) is -1.13. The van der Waals surface area contributed by atoms with Crippen LogP contribution in [0.1, 0.15) is 37.3 Å². The topological polar surface area (TPSA) is 41.1 Å². The number of hydrogen-bond acceptors (Lipinski definition) is 2. The Morgan fingerprint density at radius 3 is 2.62 bits per heavy atom. The molecule has 1 unspecified atom stereocenters. The third kappa shape index (κ3) is 3.56. The summed E-state index contributed by atoms with van der Waals surface area (Å²) in [6.45, 7) is 3.92. The molecule has 3 nitrogen and oxygen atoms in total. The predicted molar refractivity (Wildman–Crippen MR) is 75.1 cm³/mol. The number of hydrogen-bond donors (Lipinski definition) is 2. The normalized spacial score (nSPS) is 22.9. The van der Waals surface area contributed by atoms with Gasteiger partial charge in [-0.3, -0.25) is 4.79 Å². The number of carbonyl (C=O) groups is 1. The monoisotopic (exact) mass is 300 g/mol. The Morgan fingerprint density at radius 1 is 1.33 bits per heavy atom. The van der Waals surface area contributed by atoms with Gasteiger partial charge in [0.15, 0.2) is 0 Å². The van der Waals surface area contributed by atoms with Crippen LogP contribution in [0.2, 0.25) is 0 Å². The van der Waals surface area contributed by atoms with Gasteiger partial charge in [0.1, 0.15) is 0 Å². The number of carbonyl (C=O) groups excluding carboxylic acids is 1. The summed E-state index contributed by atoms with van der Waals surface area (Å²) >= 11 is 0. The van der Waals surface area contributed by atoms with E-state index in [0.29, 0.717) is 6.42 Å². The second kappa shape index (κ2) is 5.67. The van der Waals surface area contributed by atoms with E-state index in [1.807, 2.05) is 0 Å². The van der Waals surface area contributed by atoms with Gasteiger partial charge in [-0.2, -0.15) is 13.2 Å². The van der Waals surface area contributed by atoms with Crippen molar-refractivity contribution in [2.24, 2.45) is 0 Å². The van der Waals surface area contributed by atoms with E-state index in [-0.39, 0.29) is 17.2 Å². The molecule has 0 spiro atoms. The van der Waals surface area contributed by atoms with Gasteiger partial charge < -0.3 is 10.6 Å². The van der Waals surface area contributed by atoms with Crippen LogP contribution in [0.15, 0.2) is 18.2 Å². The van der Waals surface area contributed by atoms with Crippen molar-refractivity contribution in [2.75, 3.05) is 11.9 Å². The van der Waals surface area contributed by atoms with Crippen LogP contribution < -0.4 is 10.6 Å². The van der Waals surface area contributed by atoms with Gasteiger partial charge in [-0.25, -0.2) is 0 Å². The molecule has 0 bridgehead atoms. The summed E-state index contributed by atoms with van der Waals surface area (Å²) in [6, 6.07) is 3.85. The first-order valence-corrected chi connectivity index (χ1v) is 6.97. The average Bonchev–Trinajstić information content (AvgIpc) is 2.40. The average molecular weight is 300 g/mol. The molecule has 116 valence electrons. The molecule has 0 saturated carbocycles. The van der Waals surface area contributed by atoms with Crippen LogP contribution in [0.5, 0.6) is 0 Å². The molecule has 1 fully saturated rings. The molecule has 1 heterocycles. The Labute approximate surface area is 121 Å². The fraction of sp³-hybridized carbons (Fsp3) is 0.533. The minimum absolute atomic E-state index is 0.141. The van der Waals surface area contributed by atoms with E-state index in [9.17, 15) is 18.0 Å². The number of nitrogens with one attached hydrogen (secondary N) is 2. The van der Waals surface area contributed by atoms with Crippen LogP contribution >= 0.6 is 0 Å². The van der Waals surface area contributed by atoms with E-state index >= 15 is 0 Å². The van der Waals surface area contributed by atoms with Crippen LogP contribution in [-0.4, -0.2) is 18.0 Å². The maximum absolute atomic E-state index is 12.9. The van der Waals surface area contributed by atoms with Gasteiger partial charge in [-0.1, -0.05) is 6.07 Å². The van der Waals surface area contributed by atoms with E-state index < -0.39 is 17.3 Å². The maximum Gasteiger partial charge on any atom is 0.416 e. The van der Waals surface area contributed by atoms with Crippen molar-refractivity contribution in [2.45, 2.75) is 44.8 Å². The van der Waals surface area contributed by atoms with Gasteiger partial charge >= 0.3 is 6.18 Å². The Morgan fingerprint density at radius 2 is 2.05 bits per heavy atom. The molecular formula is C15H19F3N2O. The summed E-state index contributed by atoms with van der Waals surface area (Å²) < 4.78 is 38.6. The molecule has 1 aromatic rings. The lowest BCUT2D eigenvalue weighted by molar-refractivity contribution is -0.138. The first-order valence-electron chi connectivity index (χ1n) is 6.97. The van der Waals surface area contributed by atoms with E-state index in [0.717, 1.165) is 25.5 Å². The van der Waals surface area contributed by atoms with Crippen molar-refractivity contribution in [1.29, 1.82) is 0 Å². The Kier molecular flexibility index (Phi) is 4.27. The molecule has 21 heavy (non-hydrogen) atoms. The lowest BCUT2D eigenvalue weighted by Crippen LogP contribution is -2.54. The largest absolute Gasteiger partial charge is 0.416 e. The molecule has 0 aliphatic carbocycles. The second-order valence-electron chi connectivity index (χ2n) is 5.70. The van der Waals surface area contributed by atoms with Gasteiger partial charge in [-0.05, 0) is 57.4 Å². The lowest BCUT2D eigenvalue weighted by atomic mass is 9.90. The number of halogens is 3. The summed E-state index contributed by atoms with van der Waals surface area (Å²) in [7, 11) is 0. The fourth-order valence-corrected chi connectivity index (χ4v) is 2.52. The third-order valence-corrected chi connectivity index (χ3v) is 3.92. The number of piperidine rings is 1. The Hall–Kier alpha value is -1.56. The number of rotatable bonds is 2. The molecule has 1 saturated heterocycles. The van der Waals surface area contributed by atoms with Crippen molar-refractivity contribution in [3.63, 3.8) is 0 Å². The maximum atomic E-state index is 12.9. The molecule has 0 aromatic heterocycles. The number of benzene rings is 1. The zero-order valence-electron chi connectivity index (χ0n) is 12.1. The molecule has 1 aromatic carbocycles. The molecule has 2 N–H and O–H groups in total. The predicted octanol–water partition coefficient (Wildman–Crippen LogP) is 3.48. The van der Waals surface area contributed by atoms with E-state index in [4.69, 9.17) is 0 Å². The summed E-state index contributed by atoms with van der Waals surface area (Å²) in [5, 5.41) is 5.73. The summed E-state index contributed by atoms with van der Waals surface area (Å²) in [4.78, 5) is 12.3. The van der Waals surface area contributed by atoms with Gasteiger partial charge in [0.05, 0.1) is 11.1 Å². The van der Waals surface area contributed by atoms with Crippen molar-refractivity contribution >= 4 is 11.6 Å². The number of aryl methyl sites for hydroxylation is 1. The SMILES string of the molecule is Cc1ccc(NC(=O)C2(C)CCCCN2)cc1C(F)(F)F. The van der Waals surface area contributed by atoms with Gasteiger partial charge in [-0.15, -0.1) is 0 Å². The van der Waals surface area contributed by atoms with E-state index in [1.165, 1.54) is 19.1 Å². The zero-order valence-corrected chi connectivity index (χ0v) is 12.1. The number of anilines is 1. The van der Waals surface area contributed by atoms with Crippen molar-refractivity contribution in [3.8, 4) is 0 Å². The van der Waals surface area contributed by atoms with Crippen LogP contribution in [0.3, 0.4) is 0 Å². The van der Waals surface area contributed by atoms with Gasteiger partial charge in [0.25, 0.3) is 0 Å². The minimum atomic E-state index is -4.42. The first kappa shape index (κ1) is 15.8. The van der Waals surface area contributed by atoms with Crippen LogP contribution in [0.4, 0.5) is 18.9 Å². The van der Waals surface area contributed by atoms with Gasteiger partial charge in [0, 0.05) is 5.69 Å². The highest BCUT2D eigenvalue weighted by Crippen LogP contribution is 2.33. The molecule has 1 amide bonds. The first-order chi connectivity index (χ1) is 9.72. The molecule has 1 aliphatic heterocycles. The Balaban J connectivity index is 2.18. The van der Waals surface area contributed by atoms with E-state index in [2.05, 4.69) is 10.6 Å². The highest BCUT2D eigenvalue weighted by atomic mass is 19.4. The molecule has 1 aliphatic rings. The summed E-state index contributed by atoms with van der Waals surface area (Å²) in [6.07, 6.45) is -1.81. The Bertz CT molecular complexity index is 534. The van der Waals surface area contributed by atoms with Crippen LogP contribution in [0, 0.1) is 6.92 Å². The van der Waals surface area contributed by atoms with Crippen molar-refractivity contribution < 1.29 is 18.0 Å². The molecule has 0 radical (unpaired) electrons. The number of alkyl halides is 3. The second-order valence-corrected chi connectivity index (χ2v) is 5.70. The number of amides is 1. The summed E-state index contributed by atoms with van der Waals surface area (Å²) in [5.74, 6) is -0.292. The molecule has 2 rings (SSSR count).